The van der Waals surface area contributed by atoms with Crippen molar-refractivity contribution < 1.29 is 13.6 Å². The van der Waals surface area contributed by atoms with Crippen molar-refractivity contribution in [2.45, 2.75) is 18.2 Å². The maximum Gasteiger partial charge on any atom is 0.264 e. The van der Waals surface area contributed by atoms with Gasteiger partial charge in [0.15, 0.2) is 5.78 Å². The minimum atomic E-state index is -2.62. The van der Waals surface area contributed by atoms with E-state index in [9.17, 15) is 13.6 Å². The number of carbonyl (C=O) groups is 1. The van der Waals surface area contributed by atoms with E-state index in [0.29, 0.717) is 3.57 Å². The molecule has 1 nitrogen and oxygen atoms in total. The molecule has 0 amide bonds. The first kappa shape index (κ1) is 13.0. The standard InChI is InChI=1S/C10H8BrF2IO/c1-5(11)9(15)7-3-2-6(14)4-8(7)10(12)13/h2-5,10H,1H3. The zero-order valence-electron chi connectivity index (χ0n) is 7.81. The minimum Gasteiger partial charge on any atom is -0.293 e. The normalized spacial score (nSPS) is 12.9. The van der Waals surface area contributed by atoms with Crippen molar-refractivity contribution >= 4 is 44.3 Å². The summed E-state index contributed by atoms with van der Waals surface area (Å²) in [6.07, 6.45) is -2.62. The number of carbonyl (C=O) groups excluding carboxylic acids is 1. The lowest BCUT2D eigenvalue weighted by Crippen LogP contribution is -2.13. The maximum atomic E-state index is 12.7. The van der Waals surface area contributed by atoms with Crippen LogP contribution in [0.5, 0.6) is 0 Å². The van der Waals surface area contributed by atoms with Crippen molar-refractivity contribution in [3.63, 3.8) is 0 Å². The summed E-state index contributed by atoms with van der Waals surface area (Å²) < 4.78 is 26.0. The van der Waals surface area contributed by atoms with Gasteiger partial charge in [0.05, 0.1) is 4.83 Å². The van der Waals surface area contributed by atoms with Gasteiger partial charge in [-0.2, -0.15) is 0 Å². The monoisotopic (exact) mass is 388 g/mol. The SMILES string of the molecule is CC(Br)C(=O)c1ccc(I)cc1C(F)F. The van der Waals surface area contributed by atoms with Crippen LogP contribution in [0.25, 0.3) is 0 Å². The predicted octanol–water partition coefficient (Wildman–Crippen LogP) is 4.19. The number of alkyl halides is 3. The molecule has 1 rings (SSSR count). The average molecular weight is 389 g/mol. The zero-order valence-corrected chi connectivity index (χ0v) is 11.6. The van der Waals surface area contributed by atoms with Crippen molar-refractivity contribution in [2.24, 2.45) is 0 Å². The summed E-state index contributed by atoms with van der Waals surface area (Å²) in [6.45, 7) is 1.62. The van der Waals surface area contributed by atoms with E-state index in [1.165, 1.54) is 12.1 Å². The number of halogens is 4. The van der Waals surface area contributed by atoms with Crippen LogP contribution < -0.4 is 0 Å². The topological polar surface area (TPSA) is 17.1 Å². The lowest BCUT2D eigenvalue weighted by molar-refractivity contribution is 0.0982. The van der Waals surface area contributed by atoms with Gasteiger partial charge in [-0.05, 0) is 47.7 Å². The van der Waals surface area contributed by atoms with Gasteiger partial charge in [-0.1, -0.05) is 15.9 Å². The van der Waals surface area contributed by atoms with E-state index >= 15 is 0 Å². The van der Waals surface area contributed by atoms with Gasteiger partial charge in [0.1, 0.15) is 0 Å². The van der Waals surface area contributed by atoms with E-state index in [0.717, 1.165) is 0 Å². The lowest BCUT2D eigenvalue weighted by atomic mass is 10.0. The molecule has 0 bridgehead atoms. The molecule has 5 heteroatoms. The molecular weight excluding hydrogens is 381 g/mol. The zero-order chi connectivity index (χ0) is 11.6. The largest absolute Gasteiger partial charge is 0.293 e. The van der Waals surface area contributed by atoms with Crippen molar-refractivity contribution in [1.29, 1.82) is 0 Å². The van der Waals surface area contributed by atoms with E-state index in [1.54, 1.807) is 13.0 Å². The summed E-state index contributed by atoms with van der Waals surface area (Å²) in [7, 11) is 0. The molecule has 0 spiro atoms. The Kier molecular flexibility index (Phi) is 4.64. The Balaban J connectivity index is 3.23. The van der Waals surface area contributed by atoms with Crippen molar-refractivity contribution in [1.82, 2.24) is 0 Å². The maximum absolute atomic E-state index is 12.7. The van der Waals surface area contributed by atoms with Crippen LogP contribution in [0.2, 0.25) is 0 Å². The van der Waals surface area contributed by atoms with Crippen LogP contribution in [0.4, 0.5) is 8.78 Å². The Bertz CT molecular complexity index is 380. The molecule has 0 aromatic heterocycles. The van der Waals surface area contributed by atoms with Gasteiger partial charge in [0.2, 0.25) is 0 Å². The van der Waals surface area contributed by atoms with Gasteiger partial charge < -0.3 is 0 Å². The smallest absolute Gasteiger partial charge is 0.264 e. The highest BCUT2D eigenvalue weighted by Crippen LogP contribution is 2.26. The highest BCUT2D eigenvalue weighted by Gasteiger charge is 2.21. The molecule has 0 heterocycles. The molecule has 0 saturated carbocycles. The lowest BCUT2D eigenvalue weighted by Gasteiger charge is -2.09. The molecule has 1 atom stereocenters. The van der Waals surface area contributed by atoms with Gasteiger partial charge in [0.25, 0.3) is 6.43 Å². The summed E-state index contributed by atoms with van der Waals surface area (Å²) in [5.74, 6) is -0.318. The first-order chi connectivity index (χ1) is 6.93. The average Bonchev–Trinajstić information content (AvgIpc) is 2.16. The number of hydrogen-bond acceptors (Lipinski definition) is 1. The molecule has 0 N–H and O–H groups in total. The van der Waals surface area contributed by atoms with E-state index in [4.69, 9.17) is 0 Å². The fraction of sp³-hybridized carbons (Fsp3) is 0.300. The minimum absolute atomic E-state index is 0.0924. The third-order valence-corrected chi connectivity index (χ3v) is 2.96. The van der Waals surface area contributed by atoms with Crippen LogP contribution in [-0.2, 0) is 0 Å². The Morgan fingerprint density at radius 1 is 1.47 bits per heavy atom. The molecule has 1 aromatic carbocycles. The Morgan fingerprint density at radius 2 is 2.07 bits per heavy atom. The van der Waals surface area contributed by atoms with Crippen LogP contribution in [0.1, 0.15) is 29.3 Å². The Labute approximate surface area is 109 Å². The van der Waals surface area contributed by atoms with Gasteiger partial charge in [0, 0.05) is 14.7 Å². The summed E-state index contributed by atoms with van der Waals surface area (Å²) in [4.78, 5) is 11.1. The Morgan fingerprint density at radius 3 is 2.53 bits per heavy atom. The Hall–Kier alpha value is -0.0400. The molecule has 1 aromatic rings. The summed E-state index contributed by atoms with van der Waals surface area (Å²) in [5, 5.41) is 0. The number of hydrogen-bond donors (Lipinski definition) is 0. The predicted molar refractivity (Wildman–Crippen MR) is 66.8 cm³/mol. The second-order valence-corrected chi connectivity index (χ2v) is 5.63. The second kappa shape index (κ2) is 5.34. The molecule has 0 aliphatic heterocycles. The van der Waals surface area contributed by atoms with E-state index in [-0.39, 0.29) is 16.9 Å². The molecule has 82 valence electrons. The summed E-state index contributed by atoms with van der Waals surface area (Å²) >= 11 is 5.02. The third kappa shape index (κ3) is 3.21. The number of benzene rings is 1. The van der Waals surface area contributed by atoms with E-state index in [2.05, 4.69) is 15.9 Å². The first-order valence-corrected chi connectivity index (χ1v) is 6.18. The molecular formula is C10H8BrF2IO. The third-order valence-electron chi connectivity index (χ3n) is 1.88. The first-order valence-electron chi connectivity index (χ1n) is 4.19. The van der Waals surface area contributed by atoms with E-state index < -0.39 is 11.3 Å². The molecule has 0 aliphatic carbocycles. The molecule has 0 saturated heterocycles. The van der Waals surface area contributed by atoms with Crippen molar-refractivity contribution in [2.75, 3.05) is 0 Å². The van der Waals surface area contributed by atoms with Crippen LogP contribution in [-0.4, -0.2) is 10.6 Å². The van der Waals surface area contributed by atoms with Gasteiger partial charge >= 0.3 is 0 Å². The van der Waals surface area contributed by atoms with E-state index in [1.807, 2.05) is 22.6 Å². The fourth-order valence-corrected chi connectivity index (χ4v) is 1.91. The molecule has 0 aliphatic rings. The molecule has 15 heavy (non-hydrogen) atoms. The second-order valence-electron chi connectivity index (χ2n) is 3.01. The molecule has 1 unspecified atom stereocenters. The fourth-order valence-electron chi connectivity index (χ4n) is 1.15. The van der Waals surface area contributed by atoms with Crippen molar-refractivity contribution in [3.05, 3.63) is 32.9 Å². The van der Waals surface area contributed by atoms with Gasteiger partial charge in [-0.15, -0.1) is 0 Å². The van der Waals surface area contributed by atoms with Crippen LogP contribution in [0.3, 0.4) is 0 Å². The number of ketones is 1. The molecule has 0 fully saturated rings. The van der Waals surface area contributed by atoms with Crippen LogP contribution >= 0.6 is 38.5 Å². The highest BCUT2D eigenvalue weighted by atomic mass is 127. The van der Waals surface area contributed by atoms with Crippen LogP contribution in [0.15, 0.2) is 18.2 Å². The number of rotatable bonds is 3. The van der Waals surface area contributed by atoms with Crippen LogP contribution in [0, 0.1) is 3.57 Å². The highest BCUT2D eigenvalue weighted by molar-refractivity contribution is 14.1. The van der Waals surface area contributed by atoms with Gasteiger partial charge in [-0.25, -0.2) is 8.78 Å². The van der Waals surface area contributed by atoms with Gasteiger partial charge in [-0.3, -0.25) is 4.79 Å². The van der Waals surface area contributed by atoms with Crippen molar-refractivity contribution in [3.8, 4) is 0 Å². The summed E-state index contributed by atoms with van der Waals surface area (Å²) in [5.41, 5.74) is -0.104. The quantitative estimate of drug-likeness (QED) is 0.431. The summed E-state index contributed by atoms with van der Waals surface area (Å²) in [6, 6.07) is 4.44. The number of Topliss-reactive ketones (excluding diaryl/α,β-unsaturated/α-hetero) is 1. The molecule has 0 radical (unpaired) electrons.